The summed E-state index contributed by atoms with van der Waals surface area (Å²) in [6.07, 6.45) is 0. The number of imidazole rings is 1. The van der Waals surface area contributed by atoms with E-state index in [1.165, 1.54) is 61.0 Å². The summed E-state index contributed by atoms with van der Waals surface area (Å²) in [7, 11) is 0. The van der Waals surface area contributed by atoms with Gasteiger partial charge in [0, 0.05) is 11.3 Å². The largest absolute Gasteiger partial charge is 0.293 e. The Morgan fingerprint density at radius 3 is 2.09 bits per heavy atom. The molecule has 2 heterocycles. The number of aryl methyl sites for hydroxylation is 5. The highest BCUT2D eigenvalue weighted by atomic mass is 15.1. The molecule has 6 rings (SSSR count). The maximum atomic E-state index is 5.19. The van der Waals surface area contributed by atoms with Gasteiger partial charge in [-0.25, -0.2) is 4.98 Å². The normalized spacial score (nSPS) is 12.3. The summed E-state index contributed by atoms with van der Waals surface area (Å²) >= 11 is 0. The van der Waals surface area contributed by atoms with Gasteiger partial charge < -0.3 is 0 Å². The summed E-state index contributed by atoms with van der Waals surface area (Å²) < 4.78 is 2.40. The van der Waals surface area contributed by atoms with E-state index in [1.54, 1.807) is 0 Å². The van der Waals surface area contributed by atoms with Crippen LogP contribution in [0.25, 0.3) is 28.1 Å². The molecule has 5 aromatic rings. The second-order valence-electron chi connectivity index (χ2n) is 9.66. The van der Waals surface area contributed by atoms with E-state index >= 15 is 0 Å². The fourth-order valence-electron chi connectivity index (χ4n) is 5.79. The van der Waals surface area contributed by atoms with Crippen LogP contribution in [0.15, 0.2) is 72.8 Å². The number of aromatic nitrogens is 2. The molecule has 0 fully saturated rings. The highest BCUT2D eigenvalue weighted by molar-refractivity contribution is 6.98. The van der Waals surface area contributed by atoms with Crippen LogP contribution in [0.5, 0.6) is 0 Å². The molecule has 1 aliphatic heterocycles. The van der Waals surface area contributed by atoms with Crippen molar-refractivity contribution in [3.63, 3.8) is 0 Å². The number of para-hydroxylation sites is 1. The average Bonchev–Trinajstić information content (AvgIpc) is 3.16. The summed E-state index contributed by atoms with van der Waals surface area (Å²) in [4.78, 5) is 5.19. The highest BCUT2D eigenvalue weighted by Crippen LogP contribution is 2.31. The Morgan fingerprint density at radius 1 is 0.667 bits per heavy atom. The van der Waals surface area contributed by atoms with Gasteiger partial charge in [0.2, 0.25) is 6.71 Å². The standard InChI is InChI=1S/C30H27BN2/c1-18-12-13-27-25(17-18)31(28-21(4)8-6-9-22(28)5)24-10-7-11-26-29(24)33(27)30(32-26)23-15-19(2)14-20(3)16-23/h6-17H,1-5H3. The van der Waals surface area contributed by atoms with Crippen LogP contribution in [0.1, 0.15) is 27.8 Å². The summed E-state index contributed by atoms with van der Waals surface area (Å²) in [5, 5.41) is 0. The SMILES string of the molecule is Cc1cc(C)cc(-c2nc3cccc4c3n2-c2ccc(C)cc2B4c2c(C)cccc2C)c1. The second kappa shape index (κ2) is 7.21. The predicted molar refractivity (Wildman–Crippen MR) is 141 cm³/mol. The van der Waals surface area contributed by atoms with Gasteiger partial charge in [0.1, 0.15) is 5.82 Å². The topological polar surface area (TPSA) is 17.8 Å². The lowest BCUT2D eigenvalue weighted by atomic mass is 9.34. The van der Waals surface area contributed by atoms with Gasteiger partial charge >= 0.3 is 0 Å². The van der Waals surface area contributed by atoms with Gasteiger partial charge in [0.15, 0.2) is 0 Å². The second-order valence-corrected chi connectivity index (χ2v) is 9.66. The summed E-state index contributed by atoms with van der Waals surface area (Å²) in [6.45, 7) is 11.2. The van der Waals surface area contributed by atoms with Crippen molar-refractivity contribution < 1.29 is 0 Å². The molecule has 1 aromatic heterocycles. The Labute approximate surface area is 196 Å². The summed E-state index contributed by atoms with van der Waals surface area (Å²) in [5.41, 5.74) is 15.3. The number of benzene rings is 4. The molecule has 0 spiro atoms. The number of rotatable bonds is 2. The van der Waals surface area contributed by atoms with E-state index in [4.69, 9.17) is 4.98 Å². The van der Waals surface area contributed by atoms with E-state index in [9.17, 15) is 0 Å². The molecule has 0 unspecified atom stereocenters. The van der Waals surface area contributed by atoms with E-state index in [-0.39, 0.29) is 6.71 Å². The van der Waals surface area contributed by atoms with Crippen LogP contribution in [-0.2, 0) is 0 Å². The van der Waals surface area contributed by atoms with Crippen LogP contribution in [0, 0.1) is 34.6 Å². The minimum Gasteiger partial charge on any atom is -0.293 e. The molecule has 3 heteroatoms. The molecule has 0 aliphatic carbocycles. The molecular weight excluding hydrogens is 399 g/mol. The van der Waals surface area contributed by atoms with Crippen molar-refractivity contribution in [2.45, 2.75) is 34.6 Å². The quantitative estimate of drug-likeness (QED) is 0.354. The fraction of sp³-hybridized carbons (Fsp3) is 0.167. The van der Waals surface area contributed by atoms with Crippen LogP contribution in [-0.4, -0.2) is 16.3 Å². The average molecular weight is 426 g/mol. The Kier molecular flexibility index (Phi) is 4.38. The van der Waals surface area contributed by atoms with Gasteiger partial charge in [-0.05, 0) is 69.8 Å². The van der Waals surface area contributed by atoms with Crippen molar-refractivity contribution in [1.29, 1.82) is 0 Å². The van der Waals surface area contributed by atoms with E-state index in [0.29, 0.717) is 0 Å². The van der Waals surface area contributed by atoms with Crippen LogP contribution in [0.4, 0.5) is 0 Å². The molecule has 0 amide bonds. The third-order valence-corrected chi connectivity index (χ3v) is 7.06. The van der Waals surface area contributed by atoms with E-state index in [2.05, 4.69) is 112 Å². The van der Waals surface area contributed by atoms with Crippen molar-refractivity contribution in [1.82, 2.24) is 9.55 Å². The third kappa shape index (κ3) is 2.99. The van der Waals surface area contributed by atoms with E-state index < -0.39 is 0 Å². The zero-order valence-electron chi connectivity index (χ0n) is 19.9. The monoisotopic (exact) mass is 426 g/mol. The number of hydrogen-bond acceptors (Lipinski definition) is 1. The van der Waals surface area contributed by atoms with Gasteiger partial charge in [0.25, 0.3) is 0 Å². The minimum atomic E-state index is 0.195. The van der Waals surface area contributed by atoms with Gasteiger partial charge in [-0.15, -0.1) is 0 Å². The smallest absolute Gasteiger partial charge is 0.247 e. The molecule has 0 atom stereocenters. The maximum absolute atomic E-state index is 5.19. The number of nitrogens with zero attached hydrogens (tertiary/aromatic N) is 2. The summed E-state index contributed by atoms with van der Waals surface area (Å²) in [5.74, 6) is 1.02. The highest BCUT2D eigenvalue weighted by Gasteiger charge is 2.35. The predicted octanol–water partition coefficient (Wildman–Crippen LogP) is 5.06. The zero-order valence-corrected chi connectivity index (χ0v) is 19.9. The molecule has 0 N–H and O–H groups in total. The Morgan fingerprint density at radius 2 is 1.36 bits per heavy atom. The molecule has 0 saturated carbocycles. The van der Waals surface area contributed by atoms with Gasteiger partial charge in [-0.3, -0.25) is 4.57 Å². The first-order valence-electron chi connectivity index (χ1n) is 11.7. The lowest BCUT2D eigenvalue weighted by molar-refractivity contribution is 1.10. The Bertz CT molecular complexity index is 1530. The van der Waals surface area contributed by atoms with Gasteiger partial charge in [-0.2, -0.15) is 0 Å². The zero-order chi connectivity index (χ0) is 22.9. The molecule has 0 bridgehead atoms. The van der Waals surface area contributed by atoms with E-state index in [0.717, 1.165) is 11.3 Å². The third-order valence-electron chi connectivity index (χ3n) is 7.06. The van der Waals surface area contributed by atoms with Gasteiger partial charge in [-0.1, -0.05) is 81.8 Å². The molecule has 2 nitrogen and oxygen atoms in total. The van der Waals surface area contributed by atoms with Crippen molar-refractivity contribution in [3.8, 4) is 17.1 Å². The first kappa shape index (κ1) is 20.1. The molecule has 1 aliphatic rings. The molecular formula is C30H27BN2. The van der Waals surface area contributed by atoms with Crippen molar-refractivity contribution in [2.24, 2.45) is 0 Å². The minimum absolute atomic E-state index is 0.195. The van der Waals surface area contributed by atoms with E-state index in [1.807, 2.05) is 0 Å². The van der Waals surface area contributed by atoms with Crippen LogP contribution in [0.3, 0.4) is 0 Å². The fourth-order valence-corrected chi connectivity index (χ4v) is 5.79. The lowest BCUT2D eigenvalue weighted by Crippen LogP contribution is -2.57. The lowest BCUT2D eigenvalue weighted by Gasteiger charge is -2.29. The number of hydrogen-bond donors (Lipinski definition) is 0. The maximum Gasteiger partial charge on any atom is 0.247 e. The molecule has 33 heavy (non-hydrogen) atoms. The molecule has 4 aromatic carbocycles. The van der Waals surface area contributed by atoms with Gasteiger partial charge in [0.05, 0.1) is 11.0 Å². The van der Waals surface area contributed by atoms with Crippen molar-refractivity contribution in [2.75, 3.05) is 0 Å². The van der Waals surface area contributed by atoms with Crippen molar-refractivity contribution >= 4 is 34.1 Å². The molecule has 160 valence electrons. The molecule has 0 saturated heterocycles. The van der Waals surface area contributed by atoms with Crippen LogP contribution >= 0.6 is 0 Å². The summed E-state index contributed by atoms with van der Waals surface area (Å²) in [6, 6.07) is 26.9. The molecule has 0 radical (unpaired) electrons. The van der Waals surface area contributed by atoms with Crippen molar-refractivity contribution in [3.05, 3.63) is 101 Å². The Hall–Kier alpha value is -3.59. The first-order valence-corrected chi connectivity index (χ1v) is 11.7. The first-order chi connectivity index (χ1) is 15.9. The number of fused-ring (bicyclic) bond motifs is 2. The Balaban J connectivity index is 1.76. The van der Waals surface area contributed by atoms with Crippen LogP contribution in [0.2, 0.25) is 0 Å². The van der Waals surface area contributed by atoms with Crippen LogP contribution < -0.4 is 16.4 Å².